The molecule has 0 bridgehead atoms. The number of carbonyl (C=O) groups excluding carboxylic acids is 1. The molecular formula is C17H18N4O3S2. The van der Waals surface area contributed by atoms with Crippen LogP contribution in [-0.2, 0) is 16.4 Å². The van der Waals surface area contributed by atoms with Crippen molar-refractivity contribution in [2.75, 3.05) is 17.7 Å². The van der Waals surface area contributed by atoms with Gasteiger partial charge in [0.15, 0.2) is 9.84 Å². The van der Waals surface area contributed by atoms with E-state index in [-0.39, 0.29) is 16.8 Å². The number of anilines is 1. The number of carbonyl (C=O) groups is 1. The van der Waals surface area contributed by atoms with Crippen LogP contribution in [0, 0.1) is 6.92 Å². The fraction of sp³-hybridized carbons (Fsp3) is 0.353. The van der Waals surface area contributed by atoms with E-state index >= 15 is 0 Å². The fourth-order valence-corrected chi connectivity index (χ4v) is 4.70. The van der Waals surface area contributed by atoms with E-state index in [2.05, 4.69) is 9.98 Å². The number of nitrogens with zero attached hydrogens (tertiary/aromatic N) is 4. The van der Waals surface area contributed by atoms with E-state index in [1.807, 2.05) is 18.7 Å². The highest BCUT2D eigenvalue weighted by Crippen LogP contribution is 2.35. The second-order valence-electron chi connectivity index (χ2n) is 6.55. The van der Waals surface area contributed by atoms with Crippen molar-refractivity contribution in [1.82, 2.24) is 9.88 Å². The second kappa shape index (κ2) is 5.88. The van der Waals surface area contributed by atoms with Crippen LogP contribution in [0.3, 0.4) is 0 Å². The summed E-state index contributed by atoms with van der Waals surface area (Å²) in [5, 5.41) is 0.933. The Morgan fingerprint density at radius 1 is 1.35 bits per heavy atom. The van der Waals surface area contributed by atoms with Crippen LogP contribution in [0.5, 0.6) is 0 Å². The van der Waals surface area contributed by atoms with Gasteiger partial charge in [-0.25, -0.2) is 13.4 Å². The van der Waals surface area contributed by atoms with Crippen molar-refractivity contribution in [1.29, 1.82) is 0 Å². The van der Waals surface area contributed by atoms with E-state index in [4.69, 9.17) is 0 Å². The van der Waals surface area contributed by atoms with Crippen molar-refractivity contribution in [2.24, 2.45) is 4.99 Å². The van der Waals surface area contributed by atoms with Crippen LogP contribution in [0.2, 0.25) is 0 Å². The van der Waals surface area contributed by atoms with Gasteiger partial charge in [0.05, 0.1) is 40.3 Å². The van der Waals surface area contributed by atoms with Gasteiger partial charge in [0.1, 0.15) is 0 Å². The Bertz CT molecular complexity index is 1040. The molecule has 3 heterocycles. The molecule has 0 N–H and O–H groups in total. The summed E-state index contributed by atoms with van der Waals surface area (Å²) in [6, 6.07) is 4.83. The number of amides is 1. The maximum absolute atomic E-state index is 13.2. The summed E-state index contributed by atoms with van der Waals surface area (Å²) < 4.78 is 23.8. The number of guanidine groups is 1. The van der Waals surface area contributed by atoms with Crippen molar-refractivity contribution in [2.45, 2.75) is 31.3 Å². The molecule has 0 radical (unpaired) electrons. The van der Waals surface area contributed by atoms with Crippen LogP contribution in [0.15, 0.2) is 34.3 Å². The smallest absolute Gasteiger partial charge is 0.263 e. The summed E-state index contributed by atoms with van der Waals surface area (Å²) in [7, 11) is -3.40. The van der Waals surface area contributed by atoms with E-state index in [0.29, 0.717) is 30.3 Å². The Labute approximate surface area is 155 Å². The highest BCUT2D eigenvalue weighted by molar-refractivity contribution is 7.90. The van der Waals surface area contributed by atoms with E-state index < -0.39 is 9.84 Å². The highest BCUT2D eigenvalue weighted by atomic mass is 32.2. The predicted molar refractivity (Wildman–Crippen MR) is 101 cm³/mol. The molecule has 1 amide bonds. The predicted octanol–water partition coefficient (Wildman–Crippen LogP) is 2.08. The van der Waals surface area contributed by atoms with Crippen molar-refractivity contribution < 1.29 is 13.2 Å². The lowest BCUT2D eigenvalue weighted by Gasteiger charge is -2.37. The quantitative estimate of drug-likeness (QED) is 0.801. The fourth-order valence-electron chi connectivity index (χ4n) is 3.27. The van der Waals surface area contributed by atoms with E-state index in [1.54, 1.807) is 23.2 Å². The highest BCUT2D eigenvalue weighted by Gasteiger charge is 2.40. The molecule has 0 unspecified atom stereocenters. The van der Waals surface area contributed by atoms with Gasteiger partial charge in [-0.2, -0.15) is 0 Å². The third-order valence-corrected chi connectivity index (χ3v) is 6.52. The minimum Gasteiger partial charge on any atom is -0.307 e. The molecule has 136 valence electrons. The average Bonchev–Trinajstić information content (AvgIpc) is 3.16. The number of aryl methyl sites for hydroxylation is 1. The van der Waals surface area contributed by atoms with Gasteiger partial charge < -0.3 is 4.90 Å². The first-order chi connectivity index (χ1) is 12.3. The summed E-state index contributed by atoms with van der Waals surface area (Å²) in [6.07, 6.45) is 2.91. The van der Waals surface area contributed by atoms with Gasteiger partial charge in [-0.15, -0.1) is 11.3 Å². The zero-order valence-corrected chi connectivity index (χ0v) is 16.3. The first-order valence-corrected chi connectivity index (χ1v) is 10.9. The minimum atomic E-state index is -3.40. The number of sulfone groups is 1. The molecule has 7 nitrogen and oxygen atoms in total. The van der Waals surface area contributed by atoms with Crippen molar-refractivity contribution >= 4 is 38.7 Å². The largest absolute Gasteiger partial charge is 0.307 e. The molecule has 2 aliphatic rings. The van der Waals surface area contributed by atoms with Crippen LogP contribution < -0.4 is 4.90 Å². The number of aromatic nitrogens is 1. The number of aliphatic imine (C=N–C) groups is 1. The molecule has 0 aliphatic carbocycles. The molecule has 1 atom stereocenters. The summed E-state index contributed by atoms with van der Waals surface area (Å²) in [4.78, 5) is 26.7. The van der Waals surface area contributed by atoms with E-state index in [9.17, 15) is 13.2 Å². The number of thiazole rings is 1. The molecule has 9 heteroatoms. The summed E-state index contributed by atoms with van der Waals surface area (Å²) >= 11 is 1.53. The lowest BCUT2D eigenvalue weighted by molar-refractivity contribution is 0.0834. The Morgan fingerprint density at radius 3 is 2.77 bits per heavy atom. The van der Waals surface area contributed by atoms with Crippen LogP contribution in [0.4, 0.5) is 5.69 Å². The van der Waals surface area contributed by atoms with Gasteiger partial charge in [0.2, 0.25) is 5.96 Å². The van der Waals surface area contributed by atoms with E-state index in [0.717, 1.165) is 16.1 Å². The Kier molecular flexibility index (Phi) is 3.89. The van der Waals surface area contributed by atoms with E-state index in [1.165, 1.54) is 17.4 Å². The van der Waals surface area contributed by atoms with Crippen molar-refractivity contribution in [3.8, 4) is 0 Å². The second-order valence-corrected chi connectivity index (χ2v) is 9.88. The van der Waals surface area contributed by atoms with Gasteiger partial charge in [-0.05, 0) is 32.0 Å². The van der Waals surface area contributed by atoms with Crippen molar-refractivity contribution in [3.05, 3.63) is 39.8 Å². The summed E-state index contributed by atoms with van der Waals surface area (Å²) in [5.41, 5.74) is 1.10. The SMILES string of the molecule is Cc1ncc(CN2C(=O)c3cc(S(C)(=O)=O)ccc3N3C2=NC[C@@H]3C)s1. The molecule has 0 spiro atoms. The van der Waals surface area contributed by atoms with Gasteiger partial charge in [-0.3, -0.25) is 14.7 Å². The normalized spacial score (nSPS) is 19.4. The minimum absolute atomic E-state index is 0.103. The number of fused-ring (bicyclic) bond motifs is 3. The molecule has 4 rings (SSSR count). The molecule has 0 saturated heterocycles. The lowest BCUT2D eigenvalue weighted by Crippen LogP contribution is -2.51. The number of rotatable bonds is 3. The molecule has 0 fully saturated rings. The number of hydrogen-bond acceptors (Lipinski definition) is 7. The third kappa shape index (κ3) is 2.71. The maximum Gasteiger partial charge on any atom is 0.263 e. The topological polar surface area (TPSA) is 82.9 Å². The molecule has 1 aromatic carbocycles. The Balaban J connectivity index is 1.82. The van der Waals surface area contributed by atoms with Crippen LogP contribution >= 0.6 is 11.3 Å². The first kappa shape index (κ1) is 17.2. The van der Waals surface area contributed by atoms with Crippen LogP contribution in [-0.4, -0.2) is 49.0 Å². The van der Waals surface area contributed by atoms with Crippen LogP contribution in [0.1, 0.15) is 27.2 Å². The lowest BCUT2D eigenvalue weighted by atomic mass is 10.1. The maximum atomic E-state index is 13.2. The molecule has 2 aliphatic heterocycles. The molecular weight excluding hydrogens is 372 g/mol. The third-order valence-electron chi connectivity index (χ3n) is 4.51. The zero-order valence-electron chi connectivity index (χ0n) is 14.6. The first-order valence-electron chi connectivity index (χ1n) is 8.16. The van der Waals surface area contributed by atoms with Crippen molar-refractivity contribution in [3.63, 3.8) is 0 Å². The molecule has 1 aromatic heterocycles. The van der Waals surface area contributed by atoms with Crippen LogP contribution in [0.25, 0.3) is 0 Å². The Hall–Kier alpha value is -2.26. The zero-order chi connectivity index (χ0) is 18.6. The number of benzene rings is 1. The number of hydrogen-bond donors (Lipinski definition) is 0. The molecule has 0 saturated carbocycles. The molecule has 26 heavy (non-hydrogen) atoms. The standard InChI is InChI=1S/C17H18N4O3S2/c1-10-7-19-17-20(9-12-8-18-11(2)25-12)16(22)14-6-13(26(3,23)24)4-5-15(14)21(10)17/h4-6,8,10H,7,9H2,1-3H3/t10-/m0/s1. The van der Waals surface area contributed by atoms with Gasteiger partial charge >= 0.3 is 0 Å². The summed E-state index contributed by atoms with van der Waals surface area (Å²) in [6.45, 7) is 4.92. The Morgan fingerprint density at radius 2 is 2.12 bits per heavy atom. The molecule has 2 aromatic rings. The average molecular weight is 390 g/mol. The van der Waals surface area contributed by atoms with Gasteiger partial charge in [0.25, 0.3) is 5.91 Å². The monoisotopic (exact) mass is 390 g/mol. The summed E-state index contributed by atoms with van der Waals surface area (Å²) in [5.74, 6) is 0.383. The van der Waals surface area contributed by atoms with Gasteiger partial charge in [0, 0.05) is 17.3 Å². The van der Waals surface area contributed by atoms with Gasteiger partial charge in [-0.1, -0.05) is 0 Å².